The second kappa shape index (κ2) is 9.36. The fraction of sp³-hybridized carbons (Fsp3) is 0.520. The molecule has 0 saturated heterocycles. The Bertz CT molecular complexity index is 1070. The first-order valence-corrected chi connectivity index (χ1v) is 11.3. The van der Waals surface area contributed by atoms with Crippen LogP contribution in [-0.2, 0) is 22.3 Å². The van der Waals surface area contributed by atoms with Crippen molar-refractivity contribution >= 4 is 5.97 Å². The van der Waals surface area contributed by atoms with Crippen LogP contribution in [0.5, 0.6) is 11.5 Å². The summed E-state index contributed by atoms with van der Waals surface area (Å²) in [7, 11) is 1.68. The maximum atomic E-state index is 12.9. The molecule has 0 aliphatic carbocycles. The Morgan fingerprint density at radius 2 is 2.09 bits per heavy atom. The van der Waals surface area contributed by atoms with Crippen LogP contribution >= 0.6 is 0 Å². The predicted octanol–water partition coefficient (Wildman–Crippen LogP) is 3.80. The zero-order valence-corrected chi connectivity index (χ0v) is 19.2. The summed E-state index contributed by atoms with van der Waals surface area (Å²) in [6, 6.07) is 3.75. The SMILES string of the molecule is CCOC(=O)c1cn2c(cc1=O)-c1c(cc(OCCCOC)c3c1CCO3)CC2C(C)C. The Morgan fingerprint density at radius 3 is 2.81 bits per heavy atom. The maximum Gasteiger partial charge on any atom is 0.343 e. The van der Waals surface area contributed by atoms with Gasteiger partial charge < -0.3 is 23.5 Å². The lowest BCUT2D eigenvalue weighted by Gasteiger charge is -2.34. The summed E-state index contributed by atoms with van der Waals surface area (Å²) >= 11 is 0. The lowest BCUT2D eigenvalue weighted by Crippen LogP contribution is -2.29. The van der Waals surface area contributed by atoms with Crippen molar-refractivity contribution < 1.29 is 23.7 Å². The molecule has 0 saturated carbocycles. The highest BCUT2D eigenvalue weighted by molar-refractivity contribution is 5.90. The molecule has 1 atom stereocenters. The van der Waals surface area contributed by atoms with E-state index in [4.69, 9.17) is 18.9 Å². The van der Waals surface area contributed by atoms with Gasteiger partial charge in [-0.05, 0) is 30.9 Å². The fourth-order valence-corrected chi connectivity index (χ4v) is 4.64. The smallest absolute Gasteiger partial charge is 0.343 e. The standard InChI is InChI=1S/C25H31NO6/c1-5-30-25(28)18-14-26-19(15(2)3)11-16-12-22(31-9-6-8-29-4)24-17(7-10-32-24)23(16)20(26)13-21(18)27/h12-15,19H,5-11H2,1-4H3. The summed E-state index contributed by atoms with van der Waals surface area (Å²) in [4.78, 5) is 25.3. The number of hydrogen-bond acceptors (Lipinski definition) is 6. The zero-order valence-electron chi connectivity index (χ0n) is 19.2. The summed E-state index contributed by atoms with van der Waals surface area (Å²) < 4.78 is 24.3. The van der Waals surface area contributed by atoms with Crippen LogP contribution in [-0.4, -0.2) is 44.1 Å². The second-order valence-corrected chi connectivity index (χ2v) is 8.59. The fourth-order valence-electron chi connectivity index (χ4n) is 4.64. The number of nitrogens with zero attached hydrogens (tertiary/aromatic N) is 1. The van der Waals surface area contributed by atoms with Gasteiger partial charge in [0.1, 0.15) is 5.56 Å². The molecule has 2 aliphatic heterocycles. The van der Waals surface area contributed by atoms with E-state index < -0.39 is 5.97 Å². The largest absolute Gasteiger partial charge is 0.490 e. The molecule has 0 radical (unpaired) electrons. The number of carbonyl (C=O) groups excluding carboxylic acids is 1. The number of rotatable bonds is 8. The Labute approximate surface area is 188 Å². The van der Waals surface area contributed by atoms with Gasteiger partial charge in [-0.15, -0.1) is 0 Å². The molecular weight excluding hydrogens is 410 g/mol. The van der Waals surface area contributed by atoms with Crippen LogP contribution in [0.2, 0.25) is 0 Å². The van der Waals surface area contributed by atoms with Crippen LogP contribution in [0, 0.1) is 5.92 Å². The van der Waals surface area contributed by atoms with Crippen LogP contribution < -0.4 is 14.9 Å². The Kier molecular flexibility index (Phi) is 6.55. The highest BCUT2D eigenvalue weighted by atomic mass is 16.5. The number of benzene rings is 1. The van der Waals surface area contributed by atoms with Crippen molar-refractivity contribution in [1.82, 2.24) is 4.57 Å². The Balaban J connectivity index is 1.83. The molecule has 0 N–H and O–H groups in total. The zero-order chi connectivity index (χ0) is 22.8. The number of aromatic nitrogens is 1. The highest BCUT2D eigenvalue weighted by Crippen LogP contribution is 2.48. The van der Waals surface area contributed by atoms with E-state index in [1.165, 1.54) is 0 Å². The summed E-state index contributed by atoms with van der Waals surface area (Å²) in [5.41, 5.74) is 3.84. The molecule has 2 aliphatic rings. The number of esters is 1. The topological polar surface area (TPSA) is 76.0 Å². The second-order valence-electron chi connectivity index (χ2n) is 8.59. The summed E-state index contributed by atoms with van der Waals surface area (Å²) in [6.07, 6.45) is 4.02. The minimum absolute atomic E-state index is 0.0793. The molecule has 1 aromatic carbocycles. The van der Waals surface area contributed by atoms with Gasteiger partial charge in [-0.2, -0.15) is 0 Å². The Hall–Kier alpha value is -2.80. The molecule has 0 bridgehead atoms. The average Bonchev–Trinajstić information content (AvgIpc) is 3.25. The van der Waals surface area contributed by atoms with E-state index in [9.17, 15) is 9.59 Å². The van der Waals surface area contributed by atoms with Crippen molar-refractivity contribution in [3.63, 3.8) is 0 Å². The van der Waals surface area contributed by atoms with E-state index in [-0.39, 0.29) is 23.6 Å². The van der Waals surface area contributed by atoms with Gasteiger partial charge in [0, 0.05) is 56.0 Å². The van der Waals surface area contributed by atoms with Gasteiger partial charge >= 0.3 is 5.97 Å². The summed E-state index contributed by atoms with van der Waals surface area (Å²) in [6.45, 7) is 8.05. The first kappa shape index (κ1) is 22.4. The average molecular weight is 442 g/mol. The number of fused-ring (bicyclic) bond motifs is 5. The van der Waals surface area contributed by atoms with Gasteiger partial charge in [-0.25, -0.2) is 4.79 Å². The normalized spacial score (nSPS) is 16.2. The summed E-state index contributed by atoms with van der Waals surface area (Å²) in [5, 5.41) is 0. The van der Waals surface area contributed by atoms with E-state index in [1.807, 2.05) is 0 Å². The third kappa shape index (κ3) is 4.01. The van der Waals surface area contributed by atoms with Crippen LogP contribution in [0.15, 0.2) is 23.1 Å². The predicted molar refractivity (Wildman–Crippen MR) is 121 cm³/mol. The van der Waals surface area contributed by atoms with Crippen LogP contribution in [0.1, 0.15) is 54.7 Å². The maximum absolute atomic E-state index is 12.9. The number of hydrogen-bond donors (Lipinski definition) is 0. The minimum Gasteiger partial charge on any atom is -0.490 e. The molecule has 0 amide bonds. The molecule has 2 aromatic rings. The van der Waals surface area contributed by atoms with Crippen molar-refractivity contribution in [1.29, 1.82) is 0 Å². The van der Waals surface area contributed by atoms with E-state index in [2.05, 4.69) is 24.5 Å². The number of pyridine rings is 1. The van der Waals surface area contributed by atoms with E-state index in [0.29, 0.717) is 25.7 Å². The molecule has 1 unspecified atom stereocenters. The molecule has 7 heteroatoms. The van der Waals surface area contributed by atoms with Crippen LogP contribution in [0.25, 0.3) is 11.3 Å². The van der Waals surface area contributed by atoms with Gasteiger partial charge in [-0.1, -0.05) is 13.8 Å². The molecule has 1 aromatic heterocycles. The van der Waals surface area contributed by atoms with Crippen LogP contribution in [0.3, 0.4) is 0 Å². The third-order valence-electron chi connectivity index (χ3n) is 6.16. The lowest BCUT2D eigenvalue weighted by molar-refractivity contribution is 0.0523. The van der Waals surface area contributed by atoms with E-state index in [1.54, 1.807) is 26.3 Å². The van der Waals surface area contributed by atoms with Gasteiger partial charge in [-0.3, -0.25) is 4.79 Å². The molecule has 3 heterocycles. The number of methoxy groups -OCH3 is 1. The minimum atomic E-state index is -0.575. The quantitative estimate of drug-likeness (QED) is 0.458. The first-order valence-electron chi connectivity index (χ1n) is 11.3. The van der Waals surface area contributed by atoms with E-state index in [0.717, 1.165) is 53.1 Å². The molecule has 4 rings (SSSR count). The molecule has 0 spiro atoms. The molecular formula is C25H31NO6. The molecule has 32 heavy (non-hydrogen) atoms. The molecule has 7 nitrogen and oxygen atoms in total. The Morgan fingerprint density at radius 1 is 1.28 bits per heavy atom. The monoisotopic (exact) mass is 441 g/mol. The number of carbonyl (C=O) groups is 1. The van der Waals surface area contributed by atoms with Crippen LogP contribution in [0.4, 0.5) is 0 Å². The van der Waals surface area contributed by atoms with Crippen molar-refractivity contribution in [2.45, 2.75) is 46.1 Å². The van der Waals surface area contributed by atoms with Crippen molar-refractivity contribution in [3.8, 4) is 22.8 Å². The van der Waals surface area contributed by atoms with Crippen molar-refractivity contribution in [2.24, 2.45) is 5.92 Å². The summed E-state index contributed by atoms with van der Waals surface area (Å²) in [5.74, 6) is 1.25. The van der Waals surface area contributed by atoms with Gasteiger partial charge in [0.15, 0.2) is 16.9 Å². The third-order valence-corrected chi connectivity index (χ3v) is 6.16. The number of ether oxygens (including phenoxy) is 4. The van der Waals surface area contributed by atoms with Crippen molar-refractivity contribution in [3.05, 3.63) is 45.2 Å². The first-order chi connectivity index (χ1) is 15.5. The highest BCUT2D eigenvalue weighted by Gasteiger charge is 2.33. The van der Waals surface area contributed by atoms with Gasteiger partial charge in [0.25, 0.3) is 0 Å². The van der Waals surface area contributed by atoms with Gasteiger partial charge in [0.2, 0.25) is 0 Å². The molecule has 0 fully saturated rings. The van der Waals surface area contributed by atoms with Crippen molar-refractivity contribution in [2.75, 3.05) is 33.5 Å². The van der Waals surface area contributed by atoms with Gasteiger partial charge in [0.05, 0.1) is 25.5 Å². The van der Waals surface area contributed by atoms with E-state index >= 15 is 0 Å². The molecule has 172 valence electrons. The lowest BCUT2D eigenvalue weighted by atomic mass is 9.84.